The minimum atomic E-state index is -0.687. The zero-order chi connectivity index (χ0) is 19.4. The van der Waals surface area contributed by atoms with Gasteiger partial charge in [0.25, 0.3) is 0 Å². The molecule has 0 unspecified atom stereocenters. The van der Waals surface area contributed by atoms with Gasteiger partial charge < -0.3 is 20.5 Å². The molecule has 27 heavy (non-hydrogen) atoms. The number of nitrogens with zero attached hydrogens (tertiary/aromatic N) is 3. The Hall–Kier alpha value is -2.83. The molecule has 0 bridgehead atoms. The Kier molecular flexibility index (Phi) is 5.78. The molecule has 1 aliphatic rings. The molecule has 3 N–H and O–H groups in total. The lowest BCUT2D eigenvalue weighted by Crippen LogP contribution is -2.48. The number of rotatable bonds is 8. The molecule has 0 spiro atoms. The number of benzene rings is 1. The molecule has 2 heterocycles. The summed E-state index contributed by atoms with van der Waals surface area (Å²) in [6.07, 6.45) is 4.31. The molecule has 1 aliphatic heterocycles. The summed E-state index contributed by atoms with van der Waals surface area (Å²) in [7, 11) is 0. The van der Waals surface area contributed by atoms with Crippen LogP contribution in [0.2, 0.25) is 0 Å². The highest BCUT2D eigenvalue weighted by molar-refractivity contribution is 5.87. The quantitative estimate of drug-likeness (QED) is 0.743. The monoisotopic (exact) mass is 369 g/mol. The smallest absolute Gasteiger partial charge is 0.321 e. The second-order valence-corrected chi connectivity index (χ2v) is 7.52. The minimum Gasteiger partial charge on any atom is -0.368 e. The van der Waals surface area contributed by atoms with Gasteiger partial charge in [0.2, 0.25) is 5.91 Å². The predicted molar refractivity (Wildman–Crippen MR) is 103 cm³/mol. The van der Waals surface area contributed by atoms with Crippen molar-refractivity contribution in [1.82, 2.24) is 19.8 Å². The summed E-state index contributed by atoms with van der Waals surface area (Å²) in [5, 5.41) is 0. The van der Waals surface area contributed by atoms with Gasteiger partial charge in [0.15, 0.2) is 0 Å². The summed E-state index contributed by atoms with van der Waals surface area (Å²) in [4.78, 5) is 35.7. The average molecular weight is 369 g/mol. The van der Waals surface area contributed by atoms with Gasteiger partial charge in [-0.05, 0) is 17.9 Å². The first-order chi connectivity index (χ1) is 13.0. The second-order valence-electron chi connectivity index (χ2n) is 7.52. The number of aromatic amines is 1. The Balaban J connectivity index is 1.82. The van der Waals surface area contributed by atoms with Crippen molar-refractivity contribution in [3.05, 3.63) is 54.1 Å². The molecule has 3 rings (SSSR count). The van der Waals surface area contributed by atoms with E-state index in [-0.39, 0.29) is 12.1 Å². The maximum absolute atomic E-state index is 13.1. The number of carbonyl (C=O) groups is 2. The summed E-state index contributed by atoms with van der Waals surface area (Å²) >= 11 is 0. The van der Waals surface area contributed by atoms with E-state index in [1.165, 1.54) is 5.56 Å². The number of primary amides is 1. The highest BCUT2D eigenvalue weighted by Gasteiger charge is 2.42. The number of urea groups is 1. The van der Waals surface area contributed by atoms with E-state index in [0.717, 1.165) is 12.1 Å². The van der Waals surface area contributed by atoms with E-state index in [9.17, 15) is 9.59 Å². The number of hydrogen-bond donors (Lipinski definition) is 2. The first-order valence-electron chi connectivity index (χ1n) is 9.33. The van der Waals surface area contributed by atoms with E-state index < -0.39 is 11.9 Å². The largest absolute Gasteiger partial charge is 0.368 e. The van der Waals surface area contributed by atoms with E-state index in [1.807, 2.05) is 23.1 Å². The number of aromatic nitrogens is 2. The van der Waals surface area contributed by atoms with Crippen molar-refractivity contribution in [2.24, 2.45) is 11.7 Å². The Morgan fingerprint density at radius 2 is 2.07 bits per heavy atom. The molecule has 2 aromatic rings. The molecule has 144 valence electrons. The van der Waals surface area contributed by atoms with Crippen LogP contribution in [0, 0.1) is 5.92 Å². The van der Waals surface area contributed by atoms with Crippen LogP contribution in [0.3, 0.4) is 0 Å². The minimum absolute atomic E-state index is 0.0194. The van der Waals surface area contributed by atoms with Crippen molar-refractivity contribution in [1.29, 1.82) is 0 Å². The van der Waals surface area contributed by atoms with Crippen LogP contribution in [0.5, 0.6) is 0 Å². The van der Waals surface area contributed by atoms with Gasteiger partial charge in [-0.15, -0.1) is 0 Å². The van der Waals surface area contributed by atoms with E-state index in [2.05, 4.69) is 35.9 Å². The van der Waals surface area contributed by atoms with Crippen LogP contribution in [-0.4, -0.2) is 56.9 Å². The molecular formula is C20H27N5O2. The highest BCUT2D eigenvalue weighted by Crippen LogP contribution is 2.24. The zero-order valence-corrected chi connectivity index (χ0v) is 15.8. The predicted octanol–water partition coefficient (Wildman–Crippen LogP) is 1.81. The van der Waals surface area contributed by atoms with Crippen LogP contribution in [0.4, 0.5) is 4.79 Å². The summed E-state index contributed by atoms with van der Waals surface area (Å²) in [5.74, 6) is -0.158. The second kappa shape index (κ2) is 8.24. The Labute approximate surface area is 159 Å². The maximum atomic E-state index is 13.1. The Morgan fingerprint density at radius 1 is 1.33 bits per heavy atom. The van der Waals surface area contributed by atoms with E-state index in [0.29, 0.717) is 25.4 Å². The fraction of sp³-hybridized carbons (Fsp3) is 0.450. The Morgan fingerprint density at radius 3 is 2.67 bits per heavy atom. The summed E-state index contributed by atoms with van der Waals surface area (Å²) < 4.78 is 0. The third-order valence-corrected chi connectivity index (χ3v) is 4.89. The van der Waals surface area contributed by atoms with Gasteiger partial charge in [0.1, 0.15) is 6.04 Å². The molecular weight excluding hydrogens is 342 g/mol. The number of carbonyl (C=O) groups excluding carboxylic acids is 2. The van der Waals surface area contributed by atoms with Gasteiger partial charge in [0.05, 0.1) is 12.4 Å². The maximum Gasteiger partial charge on any atom is 0.321 e. The van der Waals surface area contributed by atoms with Crippen LogP contribution < -0.4 is 5.73 Å². The zero-order valence-electron chi connectivity index (χ0n) is 15.8. The molecule has 1 saturated heterocycles. The molecule has 1 aromatic carbocycles. The lowest BCUT2D eigenvalue weighted by molar-refractivity contribution is -0.122. The molecule has 0 saturated carbocycles. The molecule has 1 fully saturated rings. The Bertz CT molecular complexity index is 760. The number of hydrogen-bond acceptors (Lipinski definition) is 3. The first-order valence-corrected chi connectivity index (χ1v) is 9.33. The van der Waals surface area contributed by atoms with Crippen LogP contribution in [-0.2, 0) is 17.6 Å². The average Bonchev–Trinajstić information content (AvgIpc) is 3.24. The van der Waals surface area contributed by atoms with Crippen molar-refractivity contribution in [3.63, 3.8) is 0 Å². The van der Waals surface area contributed by atoms with E-state index >= 15 is 0 Å². The standard InChI is InChI=1S/C20H27N5O2/c1-14(2)11-24-17(8-15-6-4-3-5-7-15)12-25(20(24)27)18(19(21)26)9-16-10-22-13-23-16/h3-7,10,13-14,17-18H,8-9,11-12H2,1-2H3,(H2,21,26)(H,22,23)/t17-,18-/m0/s1. The van der Waals surface area contributed by atoms with Gasteiger partial charge in [-0.3, -0.25) is 4.79 Å². The van der Waals surface area contributed by atoms with Gasteiger partial charge >= 0.3 is 6.03 Å². The summed E-state index contributed by atoms with van der Waals surface area (Å²) in [6.45, 7) is 5.32. The number of nitrogens with one attached hydrogen (secondary N) is 1. The summed E-state index contributed by atoms with van der Waals surface area (Å²) in [6, 6.07) is 9.33. The van der Waals surface area contributed by atoms with Gasteiger partial charge in [-0.2, -0.15) is 0 Å². The lowest BCUT2D eigenvalue weighted by atomic mass is 10.0. The van der Waals surface area contributed by atoms with Crippen molar-refractivity contribution in [3.8, 4) is 0 Å². The fourth-order valence-corrected chi connectivity index (χ4v) is 3.64. The van der Waals surface area contributed by atoms with Crippen molar-refractivity contribution >= 4 is 11.9 Å². The number of imidazole rings is 1. The van der Waals surface area contributed by atoms with Crippen molar-refractivity contribution in [2.45, 2.75) is 38.8 Å². The molecule has 0 radical (unpaired) electrons. The van der Waals surface area contributed by atoms with E-state index in [1.54, 1.807) is 17.4 Å². The van der Waals surface area contributed by atoms with Crippen LogP contribution in [0.25, 0.3) is 0 Å². The van der Waals surface area contributed by atoms with Crippen molar-refractivity contribution < 1.29 is 9.59 Å². The third-order valence-electron chi connectivity index (χ3n) is 4.89. The number of amides is 3. The molecule has 7 heteroatoms. The first kappa shape index (κ1) is 18.9. The van der Waals surface area contributed by atoms with Crippen LogP contribution >= 0.6 is 0 Å². The highest BCUT2D eigenvalue weighted by atomic mass is 16.2. The number of H-pyrrole nitrogens is 1. The van der Waals surface area contributed by atoms with Crippen molar-refractivity contribution in [2.75, 3.05) is 13.1 Å². The molecule has 0 aliphatic carbocycles. The normalized spacial score (nSPS) is 18.3. The lowest BCUT2D eigenvalue weighted by Gasteiger charge is -2.26. The van der Waals surface area contributed by atoms with Gasteiger partial charge in [-0.25, -0.2) is 9.78 Å². The van der Waals surface area contributed by atoms with Gasteiger partial charge in [-0.1, -0.05) is 44.2 Å². The van der Waals surface area contributed by atoms with E-state index in [4.69, 9.17) is 5.73 Å². The fourth-order valence-electron chi connectivity index (χ4n) is 3.64. The summed E-state index contributed by atoms with van der Waals surface area (Å²) in [5.41, 5.74) is 7.62. The third kappa shape index (κ3) is 4.48. The van der Waals surface area contributed by atoms with Crippen LogP contribution in [0.15, 0.2) is 42.9 Å². The molecule has 7 nitrogen and oxygen atoms in total. The molecule has 1 aromatic heterocycles. The molecule has 3 amide bonds. The molecule has 2 atom stereocenters. The topological polar surface area (TPSA) is 95.3 Å². The SMILES string of the molecule is CC(C)CN1C(=O)N([C@@H](Cc2cnc[nH]2)C(N)=O)C[C@@H]1Cc1ccccc1. The van der Waals surface area contributed by atoms with Gasteiger partial charge in [0, 0.05) is 31.4 Å². The number of nitrogens with two attached hydrogens (primary N) is 1. The van der Waals surface area contributed by atoms with Crippen LogP contribution in [0.1, 0.15) is 25.1 Å².